The third-order valence-electron chi connectivity index (χ3n) is 2.57. The maximum atomic E-state index is 12.5. The topological polar surface area (TPSA) is 70.5 Å². The van der Waals surface area contributed by atoms with Gasteiger partial charge in [0.2, 0.25) is 0 Å². The van der Waals surface area contributed by atoms with Gasteiger partial charge in [-0.3, -0.25) is 9.78 Å². The third kappa shape index (κ3) is 3.43. The van der Waals surface area contributed by atoms with Gasteiger partial charge in [0.05, 0.1) is 11.1 Å². The molecule has 0 bridgehead atoms. The lowest BCUT2D eigenvalue weighted by Crippen LogP contribution is -2.40. The van der Waals surface area contributed by atoms with E-state index in [0.717, 1.165) is 11.1 Å². The number of pyridine rings is 1. The molecule has 104 valence electrons. The molecule has 0 radical (unpaired) electrons. The van der Waals surface area contributed by atoms with Crippen LogP contribution in [0.15, 0.2) is 18.5 Å². The van der Waals surface area contributed by atoms with Crippen molar-refractivity contribution < 1.29 is 27.9 Å². The van der Waals surface area contributed by atoms with Gasteiger partial charge in [0.15, 0.2) is 0 Å². The summed E-state index contributed by atoms with van der Waals surface area (Å²) < 4.78 is 37.4. The first-order valence-corrected chi connectivity index (χ1v) is 5.16. The summed E-state index contributed by atoms with van der Waals surface area (Å²) in [6.45, 7) is 1.25. The molecule has 1 amide bonds. The van der Waals surface area contributed by atoms with Crippen LogP contribution in [0.3, 0.4) is 0 Å². The molecule has 1 aromatic heterocycles. The van der Waals surface area contributed by atoms with Gasteiger partial charge in [-0.1, -0.05) is 0 Å². The van der Waals surface area contributed by atoms with Gasteiger partial charge in [-0.05, 0) is 13.0 Å². The van der Waals surface area contributed by atoms with Crippen LogP contribution >= 0.6 is 0 Å². The van der Waals surface area contributed by atoms with Crippen molar-refractivity contribution in [3.05, 3.63) is 29.6 Å². The quantitative estimate of drug-likeness (QED) is 0.911. The Kier molecular flexibility index (Phi) is 4.13. The second-order valence-electron chi connectivity index (χ2n) is 3.89. The molecule has 1 rings (SSSR count). The number of carbonyl (C=O) groups excluding carboxylic acids is 1. The number of carbonyl (C=O) groups is 2. The minimum atomic E-state index is -4.61. The summed E-state index contributed by atoms with van der Waals surface area (Å²) >= 11 is 0. The number of nitrogens with zero attached hydrogens (tertiary/aromatic N) is 2. The Bertz CT molecular complexity index is 502. The van der Waals surface area contributed by atoms with Crippen molar-refractivity contribution in [2.45, 2.75) is 19.1 Å². The number of likely N-dealkylation sites (N-methyl/N-ethyl adjacent to an activating group) is 1. The van der Waals surface area contributed by atoms with E-state index in [4.69, 9.17) is 5.11 Å². The van der Waals surface area contributed by atoms with Crippen LogP contribution in [0.5, 0.6) is 0 Å². The van der Waals surface area contributed by atoms with Crippen molar-refractivity contribution in [1.82, 2.24) is 9.88 Å². The molecule has 1 heterocycles. The third-order valence-corrected chi connectivity index (χ3v) is 2.57. The highest BCUT2D eigenvalue weighted by Gasteiger charge is 2.32. The lowest BCUT2D eigenvalue weighted by molar-refractivity contribution is -0.141. The molecule has 19 heavy (non-hydrogen) atoms. The molecule has 1 unspecified atom stereocenters. The van der Waals surface area contributed by atoms with Gasteiger partial charge < -0.3 is 10.0 Å². The standard InChI is InChI=1S/C11H11F3N2O3/c1-6(10(18)19)16(2)9(17)7-3-8(5-15-4-7)11(12,13)14/h3-6H,1-2H3,(H,18,19). The zero-order valence-corrected chi connectivity index (χ0v) is 10.1. The first-order chi connectivity index (χ1) is 8.64. The monoisotopic (exact) mass is 276 g/mol. The second kappa shape index (κ2) is 5.25. The Morgan fingerprint density at radius 3 is 2.42 bits per heavy atom. The van der Waals surface area contributed by atoms with Crippen LogP contribution in [-0.2, 0) is 11.0 Å². The Balaban J connectivity index is 3.04. The van der Waals surface area contributed by atoms with Gasteiger partial charge >= 0.3 is 12.1 Å². The average Bonchev–Trinajstić information content (AvgIpc) is 2.35. The normalized spacial score (nSPS) is 12.9. The predicted molar refractivity (Wildman–Crippen MR) is 58.4 cm³/mol. The molecular weight excluding hydrogens is 265 g/mol. The minimum absolute atomic E-state index is 0.314. The Hall–Kier alpha value is -2.12. The van der Waals surface area contributed by atoms with Crippen molar-refractivity contribution in [2.24, 2.45) is 0 Å². The molecule has 1 atom stereocenters. The number of amides is 1. The van der Waals surface area contributed by atoms with Gasteiger partial charge in [0.25, 0.3) is 5.91 Å². The lowest BCUT2D eigenvalue weighted by Gasteiger charge is -2.21. The van der Waals surface area contributed by atoms with Crippen molar-refractivity contribution in [2.75, 3.05) is 7.05 Å². The molecule has 0 aliphatic heterocycles. The van der Waals surface area contributed by atoms with Crippen LogP contribution in [0.2, 0.25) is 0 Å². The highest BCUT2D eigenvalue weighted by atomic mass is 19.4. The van der Waals surface area contributed by atoms with Crippen LogP contribution in [-0.4, -0.2) is 40.0 Å². The number of halogens is 3. The Labute approximate surface area is 106 Å². The van der Waals surface area contributed by atoms with E-state index in [1.165, 1.54) is 14.0 Å². The fraction of sp³-hybridized carbons (Fsp3) is 0.364. The number of alkyl halides is 3. The summed E-state index contributed by atoms with van der Waals surface area (Å²) in [6.07, 6.45) is -3.06. The zero-order valence-electron chi connectivity index (χ0n) is 10.1. The maximum absolute atomic E-state index is 12.5. The molecule has 8 heteroatoms. The summed E-state index contributed by atoms with van der Waals surface area (Å²) in [5.74, 6) is -2.09. The molecule has 0 spiro atoms. The van der Waals surface area contributed by atoms with Crippen LogP contribution in [0.4, 0.5) is 13.2 Å². The highest BCUT2D eigenvalue weighted by Crippen LogP contribution is 2.29. The summed E-state index contributed by atoms with van der Waals surface area (Å²) in [5, 5.41) is 8.74. The SMILES string of the molecule is CC(C(=O)O)N(C)C(=O)c1cncc(C(F)(F)F)c1. The van der Waals surface area contributed by atoms with E-state index in [1.54, 1.807) is 0 Å². The van der Waals surface area contributed by atoms with Crippen LogP contribution < -0.4 is 0 Å². The number of carboxylic acid groups (broad SMARTS) is 1. The number of rotatable bonds is 3. The van der Waals surface area contributed by atoms with Crippen molar-refractivity contribution in [3.8, 4) is 0 Å². The van der Waals surface area contributed by atoms with Gasteiger partial charge in [-0.25, -0.2) is 4.79 Å². The molecule has 5 nitrogen and oxygen atoms in total. The average molecular weight is 276 g/mol. The largest absolute Gasteiger partial charge is 0.480 e. The molecule has 1 N–H and O–H groups in total. The molecular formula is C11H11F3N2O3. The van der Waals surface area contributed by atoms with Crippen LogP contribution in [0.25, 0.3) is 0 Å². The van der Waals surface area contributed by atoms with E-state index in [2.05, 4.69) is 4.98 Å². The van der Waals surface area contributed by atoms with Gasteiger partial charge in [0.1, 0.15) is 6.04 Å². The van der Waals surface area contributed by atoms with Crippen LogP contribution in [0.1, 0.15) is 22.8 Å². The minimum Gasteiger partial charge on any atom is -0.480 e. The first-order valence-electron chi connectivity index (χ1n) is 5.16. The summed E-state index contributed by atoms with van der Waals surface area (Å²) in [7, 11) is 1.20. The van der Waals surface area contributed by atoms with Gasteiger partial charge in [0, 0.05) is 19.4 Å². The van der Waals surface area contributed by atoms with E-state index in [1.807, 2.05) is 0 Å². The summed E-state index contributed by atoms with van der Waals surface area (Å²) in [5.41, 5.74) is -1.37. The second-order valence-corrected chi connectivity index (χ2v) is 3.89. The van der Waals surface area contributed by atoms with Crippen molar-refractivity contribution in [3.63, 3.8) is 0 Å². The zero-order chi connectivity index (χ0) is 14.8. The summed E-state index contributed by atoms with van der Waals surface area (Å²) in [4.78, 5) is 26.7. The number of hydrogen-bond donors (Lipinski definition) is 1. The van der Waals surface area contributed by atoms with Crippen molar-refractivity contribution >= 4 is 11.9 Å². The van der Waals surface area contributed by atoms with E-state index in [0.29, 0.717) is 12.3 Å². The van der Waals surface area contributed by atoms with Crippen LogP contribution in [0, 0.1) is 0 Å². The molecule has 1 aromatic rings. The fourth-order valence-corrected chi connectivity index (χ4v) is 1.26. The van der Waals surface area contributed by atoms with E-state index in [-0.39, 0.29) is 5.56 Å². The molecule has 0 fully saturated rings. The van der Waals surface area contributed by atoms with E-state index in [9.17, 15) is 22.8 Å². The Morgan fingerprint density at radius 1 is 1.37 bits per heavy atom. The highest BCUT2D eigenvalue weighted by molar-refractivity contribution is 5.96. The summed E-state index contributed by atoms with van der Waals surface area (Å²) in [6, 6.07) is -0.512. The first kappa shape index (κ1) is 14.9. The van der Waals surface area contributed by atoms with E-state index >= 15 is 0 Å². The Morgan fingerprint density at radius 2 is 1.95 bits per heavy atom. The molecule has 0 saturated heterocycles. The predicted octanol–water partition coefficient (Wildman–Crippen LogP) is 1.65. The smallest absolute Gasteiger partial charge is 0.417 e. The molecule has 0 aliphatic rings. The van der Waals surface area contributed by atoms with E-state index < -0.39 is 29.7 Å². The van der Waals surface area contributed by atoms with Gasteiger partial charge in [-0.2, -0.15) is 13.2 Å². The van der Waals surface area contributed by atoms with Crippen molar-refractivity contribution in [1.29, 1.82) is 0 Å². The maximum Gasteiger partial charge on any atom is 0.417 e. The fourth-order valence-electron chi connectivity index (χ4n) is 1.26. The number of aliphatic carboxylic acids is 1. The molecule has 0 aromatic carbocycles. The number of hydrogen-bond acceptors (Lipinski definition) is 3. The number of carboxylic acids is 1. The molecule has 0 saturated carbocycles. The van der Waals surface area contributed by atoms with Gasteiger partial charge in [-0.15, -0.1) is 0 Å². The lowest BCUT2D eigenvalue weighted by atomic mass is 10.1. The molecule has 0 aliphatic carbocycles. The number of aromatic nitrogens is 1.